The lowest BCUT2D eigenvalue weighted by atomic mass is 9.98. The van der Waals surface area contributed by atoms with Crippen molar-refractivity contribution in [3.05, 3.63) is 0 Å². The number of rotatable bonds is 7. The van der Waals surface area contributed by atoms with Crippen molar-refractivity contribution in [1.82, 2.24) is 10.6 Å². The second-order valence-corrected chi connectivity index (χ2v) is 4.86. The van der Waals surface area contributed by atoms with E-state index in [0.29, 0.717) is 12.5 Å². The third kappa shape index (κ3) is 4.26. The average Bonchev–Trinajstić information content (AvgIpc) is 2.87. The van der Waals surface area contributed by atoms with Gasteiger partial charge in [-0.1, -0.05) is 19.8 Å². The van der Waals surface area contributed by atoms with E-state index >= 15 is 0 Å². The Kier molecular flexibility index (Phi) is 5.88. The highest BCUT2D eigenvalue weighted by molar-refractivity contribution is 5.78. The van der Waals surface area contributed by atoms with Crippen LogP contribution in [0.4, 0.5) is 0 Å². The molecule has 0 aromatic heterocycles. The predicted molar refractivity (Wildman–Crippen MR) is 65.6 cm³/mol. The van der Waals surface area contributed by atoms with E-state index in [1.54, 1.807) is 0 Å². The van der Waals surface area contributed by atoms with Gasteiger partial charge in [-0.2, -0.15) is 0 Å². The van der Waals surface area contributed by atoms with Crippen LogP contribution in [0.25, 0.3) is 0 Å². The smallest absolute Gasteiger partial charge is 0.234 e. The van der Waals surface area contributed by atoms with Crippen LogP contribution in [0.3, 0.4) is 0 Å². The Hall–Kier alpha value is -0.650. The van der Waals surface area contributed by atoms with Crippen molar-refractivity contribution in [1.29, 1.82) is 0 Å². The molecule has 1 aliphatic carbocycles. The fourth-order valence-electron chi connectivity index (χ4n) is 2.15. The molecule has 4 N–H and O–H groups in total. The number of carbonyl (C=O) groups excluding carboxylic acids is 1. The van der Waals surface area contributed by atoms with Crippen LogP contribution in [0.2, 0.25) is 0 Å². The minimum atomic E-state index is -0.881. The molecular formula is C12H24N2O3. The second-order valence-electron chi connectivity index (χ2n) is 4.86. The number of hydrogen-bond acceptors (Lipinski definition) is 4. The van der Waals surface area contributed by atoms with E-state index in [2.05, 4.69) is 10.6 Å². The maximum absolute atomic E-state index is 11.7. The summed E-state index contributed by atoms with van der Waals surface area (Å²) >= 11 is 0. The Morgan fingerprint density at radius 2 is 1.88 bits per heavy atom. The molecule has 0 heterocycles. The summed E-state index contributed by atoms with van der Waals surface area (Å²) in [5, 5.41) is 24.3. The third-order valence-corrected chi connectivity index (χ3v) is 3.59. The van der Waals surface area contributed by atoms with Crippen LogP contribution in [0.15, 0.2) is 0 Å². The monoisotopic (exact) mass is 244 g/mol. The molecule has 5 heteroatoms. The van der Waals surface area contributed by atoms with Crippen molar-refractivity contribution in [2.24, 2.45) is 0 Å². The zero-order valence-corrected chi connectivity index (χ0v) is 10.5. The molecule has 1 rings (SSSR count). The Balaban J connectivity index is 2.31. The summed E-state index contributed by atoms with van der Waals surface area (Å²) in [4.78, 5) is 11.7. The van der Waals surface area contributed by atoms with Crippen molar-refractivity contribution in [3.63, 3.8) is 0 Å². The second kappa shape index (κ2) is 6.93. The van der Waals surface area contributed by atoms with Crippen molar-refractivity contribution in [3.8, 4) is 0 Å². The van der Waals surface area contributed by atoms with Crippen LogP contribution in [-0.4, -0.2) is 47.5 Å². The van der Waals surface area contributed by atoms with Gasteiger partial charge < -0.3 is 20.8 Å². The number of hydrogen-bond donors (Lipinski definition) is 4. The Morgan fingerprint density at radius 1 is 1.29 bits per heavy atom. The summed E-state index contributed by atoms with van der Waals surface area (Å²) in [6.45, 7) is 1.61. The highest BCUT2D eigenvalue weighted by Crippen LogP contribution is 2.17. The average molecular weight is 244 g/mol. The Bertz CT molecular complexity index is 228. The van der Waals surface area contributed by atoms with Crippen molar-refractivity contribution < 1.29 is 15.0 Å². The number of carbonyl (C=O) groups is 1. The topological polar surface area (TPSA) is 81.6 Å². The summed E-state index contributed by atoms with van der Waals surface area (Å²) < 4.78 is 0. The highest BCUT2D eigenvalue weighted by Gasteiger charge is 2.28. The molecule has 0 radical (unpaired) electrons. The molecular weight excluding hydrogens is 220 g/mol. The van der Waals surface area contributed by atoms with Gasteiger partial charge in [0, 0.05) is 6.04 Å². The lowest BCUT2D eigenvalue weighted by Gasteiger charge is -2.30. The van der Waals surface area contributed by atoms with Gasteiger partial charge in [-0.05, 0) is 19.3 Å². The SMILES string of the molecule is CCC(CO)(CO)NC(=O)CNC1CCCC1. The largest absolute Gasteiger partial charge is 0.394 e. The quantitative estimate of drug-likeness (QED) is 0.498. The lowest BCUT2D eigenvalue weighted by molar-refractivity contribution is -0.123. The first-order valence-electron chi connectivity index (χ1n) is 6.42. The van der Waals surface area contributed by atoms with Gasteiger partial charge in [0.2, 0.25) is 5.91 Å². The first-order chi connectivity index (χ1) is 8.15. The van der Waals surface area contributed by atoms with Crippen molar-refractivity contribution >= 4 is 5.91 Å². The summed E-state index contributed by atoms with van der Waals surface area (Å²) in [6, 6.07) is 0.444. The van der Waals surface area contributed by atoms with Gasteiger partial charge >= 0.3 is 0 Å². The molecule has 1 saturated carbocycles. The molecule has 0 atom stereocenters. The van der Waals surface area contributed by atoms with Crippen molar-refractivity contribution in [2.45, 2.75) is 50.6 Å². The molecule has 100 valence electrons. The summed E-state index contributed by atoms with van der Waals surface area (Å²) in [6.07, 6.45) is 5.23. The maximum Gasteiger partial charge on any atom is 0.234 e. The number of amides is 1. The molecule has 5 nitrogen and oxygen atoms in total. The number of nitrogens with one attached hydrogen (secondary N) is 2. The van der Waals surface area contributed by atoms with Crippen LogP contribution in [0.5, 0.6) is 0 Å². The molecule has 0 saturated heterocycles. The summed E-state index contributed by atoms with van der Waals surface area (Å²) in [7, 11) is 0. The molecule has 17 heavy (non-hydrogen) atoms. The predicted octanol–water partition coefficient (Wildman–Crippen LogP) is -0.232. The minimum Gasteiger partial charge on any atom is -0.394 e. The Morgan fingerprint density at radius 3 is 2.35 bits per heavy atom. The molecule has 0 bridgehead atoms. The van der Waals surface area contributed by atoms with Crippen LogP contribution in [0.1, 0.15) is 39.0 Å². The summed E-state index contributed by atoms with van der Waals surface area (Å²) in [5.41, 5.74) is -0.881. The van der Waals surface area contributed by atoms with E-state index in [9.17, 15) is 15.0 Å². The highest BCUT2D eigenvalue weighted by atomic mass is 16.3. The van der Waals surface area contributed by atoms with Crippen molar-refractivity contribution in [2.75, 3.05) is 19.8 Å². The van der Waals surface area contributed by atoms with E-state index in [1.807, 2.05) is 6.92 Å². The fraction of sp³-hybridized carbons (Fsp3) is 0.917. The van der Waals surface area contributed by atoms with E-state index in [0.717, 1.165) is 12.8 Å². The third-order valence-electron chi connectivity index (χ3n) is 3.59. The van der Waals surface area contributed by atoms with Gasteiger partial charge in [0.05, 0.1) is 25.3 Å². The molecule has 0 spiro atoms. The standard InChI is InChI=1S/C12H24N2O3/c1-2-12(8-15,9-16)14-11(17)7-13-10-5-3-4-6-10/h10,13,15-16H,2-9H2,1H3,(H,14,17). The van der Waals surface area contributed by atoms with Gasteiger partial charge in [-0.15, -0.1) is 0 Å². The number of aliphatic hydroxyl groups is 2. The molecule has 0 aliphatic heterocycles. The molecule has 1 amide bonds. The van der Waals surface area contributed by atoms with E-state index in [-0.39, 0.29) is 25.7 Å². The fourth-order valence-corrected chi connectivity index (χ4v) is 2.15. The van der Waals surface area contributed by atoms with Crippen LogP contribution in [-0.2, 0) is 4.79 Å². The van der Waals surface area contributed by atoms with Gasteiger partial charge in [0.25, 0.3) is 0 Å². The summed E-state index contributed by atoms with van der Waals surface area (Å²) in [5.74, 6) is -0.165. The van der Waals surface area contributed by atoms with Crippen LogP contribution >= 0.6 is 0 Å². The Labute approximate surface area is 103 Å². The minimum absolute atomic E-state index is 0.165. The lowest BCUT2D eigenvalue weighted by Crippen LogP contribution is -2.56. The van der Waals surface area contributed by atoms with Gasteiger partial charge in [-0.3, -0.25) is 4.79 Å². The van der Waals surface area contributed by atoms with Crippen LogP contribution in [0, 0.1) is 0 Å². The first kappa shape index (κ1) is 14.4. The van der Waals surface area contributed by atoms with E-state index in [4.69, 9.17) is 0 Å². The van der Waals surface area contributed by atoms with E-state index in [1.165, 1.54) is 12.8 Å². The van der Waals surface area contributed by atoms with E-state index < -0.39 is 5.54 Å². The molecule has 0 unspecified atom stereocenters. The molecule has 0 aromatic carbocycles. The normalized spacial score (nSPS) is 17.4. The van der Waals surface area contributed by atoms with Gasteiger partial charge in [-0.25, -0.2) is 0 Å². The van der Waals surface area contributed by atoms with Gasteiger partial charge in [0.1, 0.15) is 0 Å². The van der Waals surface area contributed by atoms with Crippen LogP contribution < -0.4 is 10.6 Å². The van der Waals surface area contributed by atoms with Gasteiger partial charge in [0.15, 0.2) is 0 Å². The molecule has 1 fully saturated rings. The maximum atomic E-state index is 11.7. The zero-order valence-electron chi connectivity index (χ0n) is 10.5. The zero-order chi connectivity index (χ0) is 12.7. The molecule has 0 aromatic rings. The first-order valence-corrected chi connectivity index (χ1v) is 6.42. The molecule has 1 aliphatic rings. The number of aliphatic hydroxyl groups excluding tert-OH is 2.